The van der Waals surface area contributed by atoms with Gasteiger partial charge in [-0.3, -0.25) is 9.98 Å². The highest BCUT2D eigenvalue weighted by molar-refractivity contribution is 7.13. The van der Waals surface area contributed by atoms with Gasteiger partial charge in [-0.15, -0.1) is 11.3 Å². The lowest BCUT2D eigenvalue weighted by atomic mass is 10.2. The number of aromatic nitrogens is 1. The van der Waals surface area contributed by atoms with Gasteiger partial charge in [-0.1, -0.05) is 6.07 Å². The van der Waals surface area contributed by atoms with Crippen LogP contribution in [0.4, 0.5) is 5.69 Å². The first kappa shape index (κ1) is 18.3. The number of hydrazone groups is 1. The van der Waals surface area contributed by atoms with Gasteiger partial charge < -0.3 is 10.4 Å². The van der Waals surface area contributed by atoms with E-state index in [9.17, 15) is 5.11 Å². The minimum Gasteiger partial charge on any atom is -0.373 e. The van der Waals surface area contributed by atoms with Crippen molar-refractivity contribution in [2.24, 2.45) is 10.1 Å². The molecule has 0 saturated carbocycles. The Bertz CT molecular complexity index is 811. The summed E-state index contributed by atoms with van der Waals surface area (Å²) < 4.78 is 0. The summed E-state index contributed by atoms with van der Waals surface area (Å²) >= 11 is 1.65. The SMILES string of the molecule is CC1=CC(C)=NC(C)N1/N=C\CC(O)Nc1ccc(-c2cccs2)nc1. The highest BCUT2D eigenvalue weighted by Gasteiger charge is 2.16. The second kappa shape index (κ2) is 8.25. The first-order valence-corrected chi connectivity index (χ1v) is 9.40. The van der Waals surface area contributed by atoms with Crippen molar-refractivity contribution in [2.45, 2.75) is 39.6 Å². The molecule has 6 nitrogen and oxygen atoms in total. The van der Waals surface area contributed by atoms with Crippen LogP contribution in [0.15, 0.2) is 57.7 Å². The summed E-state index contributed by atoms with van der Waals surface area (Å²) in [6.07, 6.45) is 5.04. The van der Waals surface area contributed by atoms with Crippen LogP contribution in [0.1, 0.15) is 27.2 Å². The number of nitrogens with one attached hydrogen (secondary N) is 1. The number of anilines is 1. The Morgan fingerprint density at radius 3 is 2.88 bits per heavy atom. The van der Waals surface area contributed by atoms with E-state index in [4.69, 9.17) is 0 Å². The molecule has 26 heavy (non-hydrogen) atoms. The Morgan fingerprint density at radius 2 is 2.23 bits per heavy atom. The summed E-state index contributed by atoms with van der Waals surface area (Å²) in [6.45, 7) is 5.97. The predicted molar refractivity (Wildman–Crippen MR) is 108 cm³/mol. The molecule has 2 atom stereocenters. The maximum absolute atomic E-state index is 10.2. The molecule has 0 radical (unpaired) electrons. The van der Waals surface area contributed by atoms with Gasteiger partial charge in [0.05, 0.1) is 22.5 Å². The summed E-state index contributed by atoms with van der Waals surface area (Å²) in [5.41, 5.74) is 3.74. The second-order valence-corrected chi connectivity index (χ2v) is 7.08. The molecule has 0 bridgehead atoms. The molecule has 3 rings (SSSR count). The molecule has 0 aromatic carbocycles. The van der Waals surface area contributed by atoms with E-state index in [1.165, 1.54) is 0 Å². The van der Waals surface area contributed by atoms with Crippen LogP contribution in [0.3, 0.4) is 0 Å². The number of rotatable bonds is 6. The van der Waals surface area contributed by atoms with Crippen molar-refractivity contribution in [2.75, 3.05) is 5.32 Å². The fraction of sp³-hybridized carbons (Fsp3) is 0.316. The fourth-order valence-electron chi connectivity index (χ4n) is 2.77. The Hall–Kier alpha value is -2.51. The quantitative estimate of drug-likeness (QED) is 0.597. The second-order valence-electron chi connectivity index (χ2n) is 6.14. The van der Waals surface area contributed by atoms with Gasteiger partial charge in [0, 0.05) is 24.0 Å². The number of hydrogen-bond donors (Lipinski definition) is 2. The number of nitrogens with zero attached hydrogens (tertiary/aromatic N) is 4. The standard InChI is InChI=1S/C19H23N5OS/c1-13-11-14(2)24(15(3)22-13)21-9-8-19(25)23-16-6-7-17(20-12-16)18-5-4-10-26-18/h4-7,9-12,15,19,23,25H,8H2,1-3H3/b21-9-. The zero-order chi connectivity index (χ0) is 18.5. The summed E-state index contributed by atoms with van der Waals surface area (Å²) in [7, 11) is 0. The Labute approximate surface area is 157 Å². The number of aliphatic imine (C=N–C) groups is 1. The Balaban J connectivity index is 1.53. The highest BCUT2D eigenvalue weighted by Crippen LogP contribution is 2.23. The average Bonchev–Trinajstić information content (AvgIpc) is 3.12. The number of allylic oxidation sites excluding steroid dienone is 2. The Morgan fingerprint density at radius 1 is 1.38 bits per heavy atom. The zero-order valence-electron chi connectivity index (χ0n) is 15.1. The van der Waals surface area contributed by atoms with Crippen molar-refractivity contribution in [1.82, 2.24) is 9.99 Å². The van der Waals surface area contributed by atoms with Crippen LogP contribution in [0, 0.1) is 0 Å². The van der Waals surface area contributed by atoms with Gasteiger partial charge in [-0.2, -0.15) is 5.10 Å². The molecule has 0 spiro atoms. The lowest BCUT2D eigenvalue weighted by molar-refractivity contribution is 0.211. The average molecular weight is 369 g/mol. The van der Waals surface area contributed by atoms with E-state index in [1.807, 2.05) is 61.5 Å². The monoisotopic (exact) mass is 369 g/mol. The molecule has 2 N–H and O–H groups in total. The van der Waals surface area contributed by atoms with Crippen molar-refractivity contribution in [1.29, 1.82) is 0 Å². The minimum atomic E-state index is -0.734. The first-order valence-electron chi connectivity index (χ1n) is 8.52. The van der Waals surface area contributed by atoms with Gasteiger partial charge in [0.1, 0.15) is 12.4 Å². The molecule has 2 aromatic heterocycles. The van der Waals surface area contributed by atoms with Gasteiger partial charge in [-0.05, 0) is 50.4 Å². The van der Waals surface area contributed by atoms with Gasteiger partial charge in [0.25, 0.3) is 0 Å². The van der Waals surface area contributed by atoms with Gasteiger partial charge in [-0.25, -0.2) is 5.01 Å². The van der Waals surface area contributed by atoms with Crippen LogP contribution < -0.4 is 5.32 Å². The van der Waals surface area contributed by atoms with E-state index in [2.05, 4.69) is 20.4 Å². The Kier molecular flexibility index (Phi) is 5.80. The molecule has 0 fully saturated rings. The summed E-state index contributed by atoms with van der Waals surface area (Å²) in [4.78, 5) is 10.0. The van der Waals surface area contributed by atoms with E-state index in [0.29, 0.717) is 6.42 Å². The molecule has 0 amide bonds. The summed E-state index contributed by atoms with van der Waals surface area (Å²) in [5, 5.41) is 21.5. The zero-order valence-corrected chi connectivity index (χ0v) is 15.9. The van der Waals surface area contributed by atoms with E-state index in [0.717, 1.165) is 27.7 Å². The molecular weight excluding hydrogens is 346 g/mol. The lowest BCUT2D eigenvalue weighted by Crippen LogP contribution is -2.29. The molecule has 2 unspecified atom stereocenters. The first-order chi connectivity index (χ1) is 12.5. The van der Waals surface area contributed by atoms with Gasteiger partial charge in [0.2, 0.25) is 0 Å². The van der Waals surface area contributed by atoms with Gasteiger partial charge >= 0.3 is 0 Å². The molecule has 0 saturated heterocycles. The fourth-order valence-corrected chi connectivity index (χ4v) is 3.48. The van der Waals surface area contributed by atoms with Crippen molar-refractivity contribution < 1.29 is 5.11 Å². The minimum absolute atomic E-state index is 0.0321. The third kappa shape index (κ3) is 4.56. The van der Waals surface area contributed by atoms with Crippen LogP contribution in [0.25, 0.3) is 10.6 Å². The number of hydrogen-bond acceptors (Lipinski definition) is 7. The number of thiophene rings is 1. The van der Waals surface area contributed by atoms with E-state index in [-0.39, 0.29) is 6.17 Å². The van der Waals surface area contributed by atoms with E-state index < -0.39 is 6.23 Å². The van der Waals surface area contributed by atoms with Crippen molar-refractivity contribution in [3.8, 4) is 10.6 Å². The third-order valence-electron chi connectivity index (χ3n) is 3.93. The van der Waals surface area contributed by atoms with E-state index >= 15 is 0 Å². The molecular formula is C19H23N5OS. The van der Waals surface area contributed by atoms with Crippen LogP contribution in [0.2, 0.25) is 0 Å². The number of aliphatic hydroxyl groups is 1. The lowest BCUT2D eigenvalue weighted by Gasteiger charge is -2.27. The van der Waals surface area contributed by atoms with Gasteiger partial charge in [0.15, 0.2) is 0 Å². The smallest absolute Gasteiger partial charge is 0.139 e. The normalized spacial score (nSPS) is 18.6. The topological polar surface area (TPSA) is 73.1 Å². The molecule has 2 aromatic rings. The van der Waals surface area contributed by atoms with Crippen molar-refractivity contribution in [3.63, 3.8) is 0 Å². The maximum atomic E-state index is 10.2. The summed E-state index contributed by atoms with van der Waals surface area (Å²) in [6, 6.07) is 7.90. The van der Waals surface area contributed by atoms with Crippen LogP contribution in [-0.2, 0) is 0 Å². The number of pyridine rings is 1. The molecule has 0 aliphatic carbocycles. The highest BCUT2D eigenvalue weighted by atomic mass is 32.1. The molecule has 7 heteroatoms. The largest absolute Gasteiger partial charge is 0.373 e. The van der Waals surface area contributed by atoms with Crippen LogP contribution >= 0.6 is 11.3 Å². The third-order valence-corrected chi connectivity index (χ3v) is 4.82. The predicted octanol–water partition coefficient (Wildman–Crippen LogP) is 3.94. The molecule has 1 aliphatic heterocycles. The van der Waals surface area contributed by atoms with Crippen molar-refractivity contribution in [3.05, 3.63) is 47.6 Å². The van der Waals surface area contributed by atoms with Crippen LogP contribution in [-0.4, -0.2) is 39.4 Å². The molecule has 3 heterocycles. The van der Waals surface area contributed by atoms with Crippen LogP contribution in [0.5, 0.6) is 0 Å². The maximum Gasteiger partial charge on any atom is 0.139 e. The van der Waals surface area contributed by atoms with Crippen molar-refractivity contribution >= 4 is 29.0 Å². The summed E-state index contributed by atoms with van der Waals surface area (Å²) in [5.74, 6) is 0. The molecule has 136 valence electrons. The molecule has 1 aliphatic rings. The number of aliphatic hydroxyl groups excluding tert-OH is 1. The van der Waals surface area contributed by atoms with E-state index in [1.54, 1.807) is 23.7 Å².